The summed E-state index contributed by atoms with van der Waals surface area (Å²) in [6.07, 6.45) is 2.03. The molecule has 0 bridgehead atoms. The molecular weight excluding hydrogens is 286 g/mol. The predicted octanol–water partition coefficient (Wildman–Crippen LogP) is 2.27. The van der Waals surface area contributed by atoms with Gasteiger partial charge in [-0.05, 0) is 31.5 Å². The molecule has 116 valence electrons. The van der Waals surface area contributed by atoms with Crippen LogP contribution in [0.1, 0.15) is 41.0 Å². The molecule has 0 amide bonds. The zero-order chi connectivity index (χ0) is 16.1. The van der Waals surface area contributed by atoms with Crippen molar-refractivity contribution in [2.24, 2.45) is 0 Å². The first-order valence-corrected chi connectivity index (χ1v) is 7.08. The maximum absolute atomic E-state index is 12.4. The van der Waals surface area contributed by atoms with E-state index in [0.29, 0.717) is 18.5 Å². The van der Waals surface area contributed by atoms with E-state index >= 15 is 0 Å². The minimum absolute atomic E-state index is 0.0894. The smallest absolute Gasteiger partial charge is 0.343 e. The molecule has 0 aliphatic heterocycles. The summed E-state index contributed by atoms with van der Waals surface area (Å²) >= 11 is 0. The number of aromatic nitrogens is 1. The van der Waals surface area contributed by atoms with Gasteiger partial charge in [0.15, 0.2) is 0 Å². The summed E-state index contributed by atoms with van der Waals surface area (Å²) < 4.78 is 9.88. The van der Waals surface area contributed by atoms with Crippen molar-refractivity contribution in [1.29, 1.82) is 0 Å². The molecule has 0 spiro atoms. The SMILES string of the molecule is CCCOC(=O)c1ccc2[nH]cc(C(=O)OCC)c(=O)c2c1. The predicted molar refractivity (Wildman–Crippen MR) is 81.1 cm³/mol. The summed E-state index contributed by atoms with van der Waals surface area (Å²) in [5.41, 5.74) is 0.239. The Hall–Kier alpha value is -2.63. The second kappa shape index (κ2) is 6.89. The molecule has 2 rings (SSSR count). The number of carbonyl (C=O) groups is 2. The van der Waals surface area contributed by atoms with Crippen LogP contribution in [-0.4, -0.2) is 30.1 Å². The van der Waals surface area contributed by atoms with E-state index in [2.05, 4.69) is 4.98 Å². The van der Waals surface area contributed by atoms with Gasteiger partial charge in [-0.1, -0.05) is 6.92 Å². The monoisotopic (exact) mass is 303 g/mol. The zero-order valence-corrected chi connectivity index (χ0v) is 12.5. The number of pyridine rings is 1. The molecule has 1 aromatic heterocycles. The van der Waals surface area contributed by atoms with E-state index in [1.165, 1.54) is 12.3 Å². The first kappa shape index (κ1) is 15.8. The van der Waals surface area contributed by atoms with E-state index in [-0.39, 0.29) is 23.1 Å². The molecule has 1 aromatic carbocycles. The van der Waals surface area contributed by atoms with Crippen molar-refractivity contribution in [3.63, 3.8) is 0 Å². The Morgan fingerprint density at radius 3 is 2.59 bits per heavy atom. The van der Waals surface area contributed by atoms with Crippen molar-refractivity contribution in [2.75, 3.05) is 13.2 Å². The molecule has 0 aliphatic rings. The quantitative estimate of drug-likeness (QED) is 0.856. The number of benzene rings is 1. The van der Waals surface area contributed by atoms with E-state index in [1.807, 2.05) is 6.92 Å². The average Bonchev–Trinajstić information content (AvgIpc) is 2.53. The zero-order valence-electron chi connectivity index (χ0n) is 12.5. The normalized spacial score (nSPS) is 10.5. The lowest BCUT2D eigenvalue weighted by Gasteiger charge is -2.06. The lowest BCUT2D eigenvalue weighted by molar-refractivity contribution is 0.0502. The largest absolute Gasteiger partial charge is 0.462 e. The van der Waals surface area contributed by atoms with Gasteiger partial charge in [-0.2, -0.15) is 0 Å². The number of carbonyl (C=O) groups excluding carboxylic acids is 2. The molecule has 0 saturated heterocycles. The van der Waals surface area contributed by atoms with Gasteiger partial charge in [-0.3, -0.25) is 4.79 Å². The van der Waals surface area contributed by atoms with Crippen molar-refractivity contribution in [2.45, 2.75) is 20.3 Å². The van der Waals surface area contributed by atoms with E-state index in [4.69, 9.17) is 9.47 Å². The molecule has 0 saturated carbocycles. The first-order valence-electron chi connectivity index (χ1n) is 7.08. The number of nitrogens with one attached hydrogen (secondary N) is 1. The van der Waals surface area contributed by atoms with Crippen LogP contribution >= 0.6 is 0 Å². The summed E-state index contributed by atoms with van der Waals surface area (Å²) in [5.74, 6) is -1.19. The van der Waals surface area contributed by atoms with Crippen molar-refractivity contribution >= 4 is 22.8 Å². The maximum Gasteiger partial charge on any atom is 0.343 e. The number of aromatic amines is 1. The van der Waals surface area contributed by atoms with Crippen LogP contribution < -0.4 is 5.43 Å². The van der Waals surface area contributed by atoms with Crippen LogP contribution in [-0.2, 0) is 9.47 Å². The molecule has 1 heterocycles. The Morgan fingerprint density at radius 1 is 1.14 bits per heavy atom. The number of hydrogen-bond donors (Lipinski definition) is 1. The standard InChI is InChI=1S/C16H17NO5/c1-3-7-22-15(19)10-5-6-13-11(8-10)14(18)12(9-17-13)16(20)21-4-2/h5-6,8-9H,3-4,7H2,1-2H3,(H,17,18). The van der Waals surface area contributed by atoms with E-state index in [1.54, 1.807) is 19.1 Å². The van der Waals surface area contributed by atoms with Gasteiger partial charge in [0.25, 0.3) is 0 Å². The van der Waals surface area contributed by atoms with E-state index in [0.717, 1.165) is 0 Å². The van der Waals surface area contributed by atoms with Crippen molar-refractivity contribution in [1.82, 2.24) is 4.98 Å². The molecule has 0 atom stereocenters. The molecule has 0 fully saturated rings. The van der Waals surface area contributed by atoms with Gasteiger partial charge in [-0.15, -0.1) is 0 Å². The fourth-order valence-electron chi connectivity index (χ4n) is 1.98. The highest BCUT2D eigenvalue weighted by Crippen LogP contribution is 2.13. The Labute approximate surface area is 127 Å². The minimum Gasteiger partial charge on any atom is -0.462 e. The van der Waals surface area contributed by atoms with Gasteiger partial charge >= 0.3 is 11.9 Å². The Kier molecular flexibility index (Phi) is 4.93. The molecule has 0 radical (unpaired) electrons. The molecule has 22 heavy (non-hydrogen) atoms. The van der Waals surface area contributed by atoms with Crippen LogP contribution in [0, 0.1) is 0 Å². The first-order chi connectivity index (χ1) is 10.6. The molecule has 6 nitrogen and oxygen atoms in total. The summed E-state index contributed by atoms with van der Waals surface area (Å²) in [6, 6.07) is 4.60. The van der Waals surface area contributed by atoms with Gasteiger partial charge in [0.05, 0.1) is 18.8 Å². The fraction of sp³-hybridized carbons (Fsp3) is 0.312. The van der Waals surface area contributed by atoms with Gasteiger partial charge in [0, 0.05) is 17.1 Å². The summed E-state index contributed by atoms with van der Waals surface area (Å²) in [6.45, 7) is 4.05. The van der Waals surface area contributed by atoms with Crippen molar-refractivity contribution < 1.29 is 19.1 Å². The Morgan fingerprint density at radius 2 is 1.91 bits per heavy atom. The second-order valence-electron chi connectivity index (χ2n) is 4.65. The minimum atomic E-state index is -0.690. The van der Waals surface area contributed by atoms with Gasteiger partial charge < -0.3 is 14.5 Å². The number of fused-ring (bicyclic) bond motifs is 1. The van der Waals surface area contributed by atoms with Crippen LogP contribution in [0.15, 0.2) is 29.2 Å². The molecular formula is C16H17NO5. The highest BCUT2D eigenvalue weighted by molar-refractivity contribution is 5.97. The lowest BCUT2D eigenvalue weighted by atomic mass is 10.1. The molecule has 1 N–H and O–H groups in total. The number of H-pyrrole nitrogens is 1. The highest BCUT2D eigenvalue weighted by Gasteiger charge is 2.15. The fourth-order valence-corrected chi connectivity index (χ4v) is 1.98. The third kappa shape index (κ3) is 3.16. The molecule has 2 aromatic rings. The summed E-state index contributed by atoms with van der Waals surface area (Å²) in [4.78, 5) is 38.8. The number of rotatable bonds is 5. The Balaban J connectivity index is 2.46. The van der Waals surface area contributed by atoms with Crippen LogP contribution in [0.2, 0.25) is 0 Å². The number of esters is 2. The molecule has 0 unspecified atom stereocenters. The summed E-state index contributed by atoms with van der Waals surface area (Å²) in [7, 11) is 0. The van der Waals surface area contributed by atoms with Crippen LogP contribution in [0.3, 0.4) is 0 Å². The van der Waals surface area contributed by atoms with Gasteiger partial charge in [0.2, 0.25) is 5.43 Å². The van der Waals surface area contributed by atoms with E-state index in [9.17, 15) is 14.4 Å². The van der Waals surface area contributed by atoms with Crippen LogP contribution in [0.4, 0.5) is 0 Å². The third-order valence-corrected chi connectivity index (χ3v) is 3.05. The molecule has 6 heteroatoms. The lowest BCUT2D eigenvalue weighted by Crippen LogP contribution is -2.18. The van der Waals surface area contributed by atoms with Crippen LogP contribution in [0.5, 0.6) is 0 Å². The van der Waals surface area contributed by atoms with Gasteiger partial charge in [-0.25, -0.2) is 9.59 Å². The highest BCUT2D eigenvalue weighted by atomic mass is 16.5. The Bertz CT molecular complexity index is 763. The van der Waals surface area contributed by atoms with Crippen LogP contribution in [0.25, 0.3) is 10.9 Å². The number of hydrogen-bond acceptors (Lipinski definition) is 5. The third-order valence-electron chi connectivity index (χ3n) is 3.05. The topological polar surface area (TPSA) is 85.5 Å². The van der Waals surface area contributed by atoms with E-state index < -0.39 is 17.4 Å². The summed E-state index contributed by atoms with van der Waals surface area (Å²) in [5, 5.41) is 0.247. The molecule has 0 aliphatic carbocycles. The number of ether oxygens (including phenoxy) is 2. The second-order valence-corrected chi connectivity index (χ2v) is 4.65. The maximum atomic E-state index is 12.4. The average molecular weight is 303 g/mol. The van der Waals surface area contributed by atoms with Crippen molar-refractivity contribution in [3.05, 3.63) is 45.7 Å². The van der Waals surface area contributed by atoms with Gasteiger partial charge in [0.1, 0.15) is 5.56 Å². The van der Waals surface area contributed by atoms with Crippen molar-refractivity contribution in [3.8, 4) is 0 Å².